The number of quaternary nitrogens is 1. The zero-order valence-corrected chi connectivity index (χ0v) is 21.5. The molecule has 4 rings (SSSR count). The highest BCUT2D eigenvalue weighted by molar-refractivity contribution is 5.87. The van der Waals surface area contributed by atoms with Crippen LogP contribution in [0.25, 0.3) is 0 Å². The predicted molar refractivity (Wildman–Crippen MR) is 138 cm³/mol. The van der Waals surface area contributed by atoms with E-state index in [0.717, 1.165) is 62.8 Å². The highest BCUT2D eigenvalue weighted by Crippen LogP contribution is 2.45. The summed E-state index contributed by atoms with van der Waals surface area (Å²) in [7, 11) is 4.28. The summed E-state index contributed by atoms with van der Waals surface area (Å²) in [5.41, 5.74) is 0.00521. The van der Waals surface area contributed by atoms with Crippen LogP contribution in [0.2, 0.25) is 0 Å². The fraction of sp³-hybridized carbons (Fsp3) is 0.517. The van der Waals surface area contributed by atoms with Gasteiger partial charge in [-0.05, 0) is 55.5 Å². The first kappa shape index (κ1) is 26.2. The van der Waals surface area contributed by atoms with Crippen molar-refractivity contribution in [3.63, 3.8) is 0 Å². The molecular weight excluding hydrogens is 456 g/mol. The van der Waals surface area contributed by atoms with Gasteiger partial charge in [0.2, 0.25) is 5.89 Å². The smallest absolute Gasteiger partial charge is 0.335 e. The maximum atomic E-state index is 12.0. The first-order valence-corrected chi connectivity index (χ1v) is 13.1. The van der Waals surface area contributed by atoms with E-state index in [1.807, 2.05) is 0 Å². The second kappa shape index (κ2) is 11.4. The number of nitrogens with zero attached hydrogens (tertiary/aromatic N) is 2. The number of aromatic carboxylic acids is 1. The van der Waals surface area contributed by atoms with Crippen LogP contribution in [-0.2, 0) is 12.1 Å². The SMILES string of the molecule is C[N+](C)(CCCOc1ccc(C(=O)O)cc1)Cc1cnc([C@](O)(C2=CCCC=C2)C2CCCCC2)o1. The van der Waals surface area contributed by atoms with Gasteiger partial charge in [0.05, 0.1) is 39.0 Å². The molecule has 1 aromatic heterocycles. The second-order valence-corrected chi connectivity index (χ2v) is 10.7. The van der Waals surface area contributed by atoms with Crippen LogP contribution in [-0.4, -0.2) is 52.9 Å². The number of aliphatic hydroxyl groups is 1. The van der Waals surface area contributed by atoms with Crippen LogP contribution >= 0.6 is 0 Å². The summed E-state index contributed by atoms with van der Waals surface area (Å²) in [4.78, 5) is 15.6. The molecule has 0 spiro atoms. The van der Waals surface area contributed by atoms with E-state index in [9.17, 15) is 9.90 Å². The van der Waals surface area contributed by atoms with Gasteiger partial charge >= 0.3 is 5.97 Å². The number of oxazole rings is 1. The van der Waals surface area contributed by atoms with Crippen LogP contribution in [0.1, 0.15) is 73.4 Å². The van der Waals surface area contributed by atoms with Gasteiger partial charge in [0.1, 0.15) is 12.3 Å². The number of allylic oxidation sites excluding steroid dienone is 2. The Morgan fingerprint density at radius 2 is 1.92 bits per heavy atom. The molecule has 1 fully saturated rings. The summed E-state index contributed by atoms with van der Waals surface area (Å²) in [5.74, 6) is 1.04. The Morgan fingerprint density at radius 1 is 1.17 bits per heavy atom. The van der Waals surface area contributed by atoms with Crippen molar-refractivity contribution < 1.29 is 28.6 Å². The monoisotopic (exact) mass is 495 g/mol. The first-order chi connectivity index (χ1) is 17.3. The minimum atomic E-state index is -1.17. The average molecular weight is 496 g/mol. The molecule has 2 aromatic rings. The molecule has 2 aliphatic rings. The van der Waals surface area contributed by atoms with Crippen molar-refractivity contribution in [1.82, 2.24) is 4.98 Å². The van der Waals surface area contributed by atoms with E-state index in [-0.39, 0.29) is 11.5 Å². The Labute approximate surface area is 213 Å². The van der Waals surface area contributed by atoms with Crippen LogP contribution < -0.4 is 4.74 Å². The summed E-state index contributed by atoms with van der Waals surface area (Å²) < 4.78 is 12.7. The standard InChI is InChI=1S/C29H38N2O5/c1-31(2,18-9-19-35-25-16-14-22(15-17-25)27(32)33)21-26-20-30-28(36-26)29(34,23-10-5-3-6-11-23)24-12-7-4-8-13-24/h5,10-11,14-17,20,24,34H,3-4,6-9,12-13,18-19,21H2,1-2H3/p+1/t29-/m0/s1. The lowest BCUT2D eigenvalue weighted by Gasteiger charge is -2.37. The number of hydrogen-bond acceptors (Lipinski definition) is 5. The number of carbonyl (C=O) groups is 1. The van der Waals surface area contributed by atoms with E-state index in [2.05, 4.69) is 37.3 Å². The molecule has 1 aromatic carbocycles. The molecule has 0 saturated heterocycles. The molecule has 1 atom stereocenters. The minimum Gasteiger partial charge on any atom is -0.493 e. The summed E-state index contributed by atoms with van der Waals surface area (Å²) in [6, 6.07) is 6.47. The summed E-state index contributed by atoms with van der Waals surface area (Å²) >= 11 is 0. The highest BCUT2D eigenvalue weighted by Gasteiger charge is 2.45. The van der Waals surface area contributed by atoms with Crippen molar-refractivity contribution >= 4 is 5.97 Å². The van der Waals surface area contributed by atoms with Crippen LogP contribution in [0.4, 0.5) is 0 Å². The fourth-order valence-corrected chi connectivity index (χ4v) is 5.38. The van der Waals surface area contributed by atoms with E-state index in [1.165, 1.54) is 6.42 Å². The Bertz CT molecular complexity index is 1080. The minimum absolute atomic E-state index is 0.121. The molecule has 1 saturated carbocycles. The van der Waals surface area contributed by atoms with Gasteiger partial charge in [-0.15, -0.1) is 0 Å². The molecule has 7 heteroatoms. The Hall–Kier alpha value is -2.90. The first-order valence-electron chi connectivity index (χ1n) is 13.1. The number of rotatable bonds is 11. The highest BCUT2D eigenvalue weighted by atomic mass is 16.5. The Balaban J connectivity index is 1.36. The summed E-state index contributed by atoms with van der Waals surface area (Å²) in [6.45, 7) is 2.07. The predicted octanol–water partition coefficient (Wildman–Crippen LogP) is 5.46. The van der Waals surface area contributed by atoms with Gasteiger partial charge in [-0.1, -0.05) is 37.5 Å². The number of benzene rings is 1. The van der Waals surface area contributed by atoms with Crippen molar-refractivity contribution in [3.05, 3.63) is 71.5 Å². The molecule has 0 radical (unpaired) electrons. The number of carboxylic acid groups (broad SMARTS) is 1. The van der Waals surface area contributed by atoms with E-state index < -0.39 is 11.6 Å². The molecule has 2 aliphatic carbocycles. The molecule has 36 heavy (non-hydrogen) atoms. The maximum absolute atomic E-state index is 12.0. The zero-order valence-electron chi connectivity index (χ0n) is 21.5. The van der Waals surface area contributed by atoms with Crippen LogP contribution in [0.5, 0.6) is 5.75 Å². The van der Waals surface area contributed by atoms with Gasteiger partial charge < -0.3 is 23.9 Å². The van der Waals surface area contributed by atoms with Gasteiger partial charge in [0.15, 0.2) is 11.4 Å². The molecule has 2 N–H and O–H groups in total. The quantitative estimate of drug-likeness (QED) is 0.318. The average Bonchev–Trinajstić information content (AvgIpc) is 3.35. The van der Waals surface area contributed by atoms with Crippen molar-refractivity contribution in [3.8, 4) is 5.75 Å². The van der Waals surface area contributed by atoms with Crippen molar-refractivity contribution in [1.29, 1.82) is 0 Å². The number of aromatic nitrogens is 1. The van der Waals surface area contributed by atoms with E-state index in [1.54, 1.807) is 30.5 Å². The number of hydrogen-bond donors (Lipinski definition) is 2. The van der Waals surface area contributed by atoms with Crippen molar-refractivity contribution in [2.45, 2.75) is 63.5 Å². The lowest BCUT2D eigenvalue weighted by molar-refractivity contribution is -0.904. The molecule has 0 amide bonds. The molecule has 194 valence electrons. The molecule has 0 bridgehead atoms. The van der Waals surface area contributed by atoms with Gasteiger partial charge in [-0.25, -0.2) is 9.78 Å². The molecule has 1 heterocycles. The van der Waals surface area contributed by atoms with Gasteiger partial charge in [0.25, 0.3) is 0 Å². The van der Waals surface area contributed by atoms with E-state index in [0.29, 0.717) is 29.3 Å². The van der Waals surface area contributed by atoms with E-state index >= 15 is 0 Å². The fourth-order valence-electron chi connectivity index (χ4n) is 5.38. The number of ether oxygens (including phenoxy) is 1. The summed E-state index contributed by atoms with van der Waals surface area (Å²) in [6.07, 6.45) is 16.3. The topological polar surface area (TPSA) is 92.8 Å². The molecule has 0 unspecified atom stereocenters. The third-order valence-electron chi connectivity index (χ3n) is 7.37. The zero-order chi connectivity index (χ0) is 25.6. The van der Waals surface area contributed by atoms with Crippen LogP contribution in [0.3, 0.4) is 0 Å². The van der Waals surface area contributed by atoms with Gasteiger partial charge in [-0.2, -0.15) is 0 Å². The summed E-state index contributed by atoms with van der Waals surface area (Å²) in [5, 5.41) is 21.0. The third kappa shape index (κ3) is 6.26. The number of carboxylic acids is 1. The molecular formula is C29H39N2O5+. The molecule has 0 aliphatic heterocycles. The lowest BCUT2D eigenvalue weighted by Crippen LogP contribution is -2.40. The van der Waals surface area contributed by atoms with Crippen LogP contribution in [0.15, 0.2) is 58.7 Å². The second-order valence-electron chi connectivity index (χ2n) is 10.7. The van der Waals surface area contributed by atoms with Crippen LogP contribution in [0, 0.1) is 5.92 Å². The van der Waals surface area contributed by atoms with Crippen molar-refractivity contribution in [2.75, 3.05) is 27.2 Å². The lowest BCUT2D eigenvalue weighted by atomic mass is 9.72. The van der Waals surface area contributed by atoms with E-state index in [4.69, 9.17) is 14.3 Å². The van der Waals surface area contributed by atoms with Gasteiger partial charge in [0, 0.05) is 12.3 Å². The normalized spacial score (nSPS) is 18.5. The van der Waals surface area contributed by atoms with Gasteiger partial charge in [-0.3, -0.25) is 0 Å². The van der Waals surface area contributed by atoms with Crippen molar-refractivity contribution in [2.24, 2.45) is 5.92 Å². The Morgan fingerprint density at radius 3 is 2.58 bits per heavy atom. The Kier molecular flexibility index (Phi) is 8.32. The molecule has 7 nitrogen and oxygen atoms in total. The third-order valence-corrected chi connectivity index (χ3v) is 7.37. The largest absolute Gasteiger partial charge is 0.493 e. The maximum Gasteiger partial charge on any atom is 0.335 e.